The van der Waals surface area contributed by atoms with Crippen molar-refractivity contribution in [2.75, 3.05) is 17.6 Å². The molecular weight excluding hydrogens is 370 g/mol. The zero-order valence-electron chi connectivity index (χ0n) is 16.0. The number of unbranched alkanes of at least 4 members (excludes halogenated alkanes) is 1. The molecular formula is C20H21N7O2. The van der Waals surface area contributed by atoms with Gasteiger partial charge in [-0.2, -0.15) is 10.1 Å². The number of aromatic nitrogens is 5. The second kappa shape index (κ2) is 7.70. The number of fused-ring (bicyclic) bond motifs is 2. The van der Waals surface area contributed by atoms with Gasteiger partial charge in [-0.1, -0.05) is 31.5 Å². The van der Waals surface area contributed by atoms with Crippen LogP contribution in [-0.4, -0.2) is 42.4 Å². The number of benzene rings is 1. The van der Waals surface area contributed by atoms with Crippen LogP contribution in [0.15, 0.2) is 36.7 Å². The van der Waals surface area contributed by atoms with Crippen LogP contribution in [0.25, 0.3) is 21.9 Å². The lowest BCUT2D eigenvalue weighted by Gasteiger charge is -2.11. The van der Waals surface area contributed by atoms with E-state index in [0.717, 1.165) is 30.5 Å². The maximum absolute atomic E-state index is 11.5. The van der Waals surface area contributed by atoms with Crippen molar-refractivity contribution >= 4 is 39.7 Å². The van der Waals surface area contributed by atoms with Gasteiger partial charge in [-0.05, 0) is 18.1 Å². The summed E-state index contributed by atoms with van der Waals surface area (Å²) in [4.78, 5) is 24.6. The molecule has 0 unspecified atom stereocenters. The van der Waals surface area contributed by atoms with E-state index < -0.39 is 5.97 Å². The number of nitrogens with one attached hydrogen (secondary N) is 1. The Morgan fingerprint density at radius 2 is 2.14 bits per heavy atom. The summed E-state index contributed by atoms with van der Waals surface area (Å²) < 4.78 is 1.78. The Hall–Kier alpha value is -3.75. The first-order valence-corrected chi connectivity index (χ1v) is 9.41. The normalized spacial score (nSPS) is 11.2. The van der Waals surface area contributed by atoms with Crippen LogP contribution in [0.5, 0.6) is 0 Å². The van der Waals surface area contributed by atoms with E-state index in [9.17, 15) is 9.90 Å². The second-order valence-corrected chi connectivity index (χ2v) is 6.72. The molecule has 0 fully saturated rings. The number of nitrogen functional groups attached to an aromatic ring is 1. The first-order chi connectivity index (χ1) is 14.1. The lowest BCUT2D eigenvalue weighted by Crippen LogP contribution is -2.10. The third kappa shape index (κ3) is 3.54. The van der Waals surface area contributed by atoms with Crippen molar-refractivity contribution < 1.29 is 9.90 Å². The minimum Gasteiger partial charge on any atom is -0.478 e. The molecule has 4 aromatic rings. The molecule has 29 heavy (non-hydrogen) atoms. The average molecular weight is 391 g/mol. The summed E-state index contributed by atoms with van der Waals surface area (Å²) in [7, 11) is 0. The van der Waals surface area contributed by atoms with E-state index in [4.69, 9.17) is 5.73 Å². The molecule has 1 aromatic carbocycles. The van der Waals surface area contributed by atoms with E-state index in [1.807, 2.05) is 12.1 Å². The first-order valence-electron chi connectivity index (χ1n) is 9.41. The Labute approximate surface area is 166 Å². The molecule has 0 aliphatic carbocycles. The second-order valence-electron chi connectivity index (χ2n) is 6.72. The maximum Gasteiger partial charge on any atom is 0.336 e. The van der Waals surface area contributed by atoms with Crippen molar-refractivity contribution in [2.45, 2.75) is 26.3 Å². The summed E-state index contributed by atoms with van der Waals surface area (Å²) in [5.41, 5.74) is 8.95. The van der Waals surface area contributed by atoms with Crippen LogP contribution in [0.1, 0.15) is 35.7 Å². The predicted molar refractivity (Wildman–Crippen MR) is 111 cm³/mol. The SMILES string of the molecule is CCCCNc1nc(N)nc2cnn(Cc3cccc4c(C(=O)O)ccnc34)c12. The largest absolute Gasteiger partial charge is 0.478 e. The quantitative estimate of drug-likeness (QED) is 0.410. The molecule has 0 aliphatic rings. The van der Waals surface area contributed by atoms with Crippen molar-refractivity contribution in [3.05, 3.63) is 47.8 Å². The summed E-state index contributed by atoms with van der Waals surface area (Å²) in [5, 5.41) is 17.8. The molecule has 9 heteroatoms. The molecule has 0 saturated heterocycles. The number of pyridine rings is 1. The van der Waals surface area contributed by atoms with E-state index in [1.54, 1.807) is 16.9 Å². The van der Waals surface area contributed by atoms with E-state index in [0.29, 0.717) is 28.8 Å². The highest BCUT2D eigenvalue weighted by Gasteiger charge is 2.15. The molecule has 0 spiro atoms. The summed E-state index contributed by atoms with van der Waals surface area (Å²) in [6.07, 6.45) is 5.23. The van der Waals surface area contributed by atoms with Gasteiger partial charge in [0.25, 0.3) is 0 Å². The predicted octanol–water partition coefficient (Wildman–Crippen LogP) is 2.92. The van der Waals surface area contributed by atoms with Gasteiger partial charge in [0.05, 0.1) is 23.8 Å². The lowest BCUT2D eigenvalue weighted by atomic mass is 10.1. The number of hydrogen-bond acceptors (Lipinski definition) is 7. The molecule has 0 bridgehead atoms. The number of aromatic carboxylic acids is 1. The summed E-state index contributed by atoms with van der Waals surface area (Å²) >= 11 is 0. The smallest absolute Gasteiger partial charge is 0.336 e. The minimum absolute atomic E-state index is 0.189. The number of nitrogens with zero attached hydrogens (tertiary/aromatic N) is 5. The third-order valence-corrected chi connectivity index (χ3v) is 4.73. The number of rotatable bonds is 7. The molecule has 3 aromatic heterocycles. The van der Waals surface area contributed by atoms with Gasteiger partial charge < -0.3 is 16.2 Å². The van der Waals surface area contributed by atoms with Gasteiger partial charge in [-0.25, -0.2) is 9.78 Å². The van der Waals surface area contributed by atoms with E-state index in [-0.39, 0.29) is 11.5 Å². The van der Waals surface area contributed by atoms with E-state index in [1.165, 1.54) is 12.3 Å². The van der Waals surface area contributed by atoms with E-state index >= 15 is 0 Å². The molecule has 0 amide bonds. The van der Waals surface area contributed by atoms with Crippen molar-refractivity contribution in [1.82, 2.24) is 24.7 Å². The zero-order valence-corrected chi connectivity index (χ0v) is 16.0. The fourth-order valence-electron chi connectivity index (χ4n) is 3.36. The van der Waals surface area contributed by atoms with Crippen LogP contribution in [0, 0.1) is 0 Å². The monoisotopic (exact) mass is 391 g/mol. The van der Waals surface area contributed by atoms with Gasteiger partial charge in [-0.15, -0.1) is 0 Å². The van der Waals surface area contributed by atoms with Gasteiger partial charge in [0.2, 0.25) is 5.95 Å². The number of carbonyl (C=O) groups is 1. The molecule has 148 valence electrons. The Balaban J connectivity index is 1.79. The number of nitrogens with two attached hydrogens (primary N) is 1. The average Bonchev–Trinajstić information content (AvgIpc) is 3.10. The number of para-hydroxylation sites is 1. The minimum atomic E-state index is -0.981. The molecule has 4 N–H and O–H groups in total. The van der Waals surface area contributed by atoms with Gasteiger partial charge >= 0.3 is 5.97 Å². The fourth-order valence-corrected chi connectivity index (χ4v) is 3.36. The standard InChI is InChI=1S/C20H21N7O2/c1-2-3-8-23-18-17-15(25-20(21)26-18)10-24-27(17)11-12-5-4-6-13-14(19(28)29)7-9-22-16(12)13/h4-7,9-10H,2-3,8,11H2,1H3,(H,28,29)(H3,21,23,25,26). The van der Waals surface area contributed by atoms with Gasteiger partial charge in [0.15, 0.2) is 5.82 Å². The highest BCUT2D eigenvalue weighted by molar-refractivity contribution is 6.03. The van der Waals surface area contributed by atoms with Crippen molar-refractivity contribution in [3.8, 4) is 0 Å². The Morgan fingerprint density at radius 1 is 1.28 bits per heavy atom. The molecule has 9 nitrogen and oxygen atoms in total. The van der Waals surface area contributed by atoms with Crippen LogP contribution in [0.2, 0.25) is 0 Å². The molecule has 0 aliphatic heterocycles. The molecule has 3 heterocycles. The van der Waals surface area contributed by atoms with Crippen molar-refractivity contribution in [3.63, 3.8) is 0 Å². The lowest BCUT2D eigenvalue weighted by molar-refractivity contribution is 0.0699. The fraction of sp³-hybridized carbons (Fsp3) is 0.250. The van der Waals surface area contributed by atoms with Crippen molar-refractivity contribution in [2.24, 2.45) is 0 Å². The zero-order chi connectivity index (χ0) is 20.4. The Bertz CT molecular complexity index is 1200. The maximum atomic E-state index is 11.5. The number of carboxylic acids is 1. The van der Waals surface area contributed by atoms with Crippen LogP contribution in [0.4, 0.5) is 11.8 Å². The third-order valence-electron chi connectivity index (χ3n) is 4.73. The Morgan fingerprint density at radius 3 is 2.93 bits per heavy atom. The highest BCUT2D eigenvalue weighted by atomic mass is 16.4. The van der Waals surface area contributed by atoms with Crippen LogP contribution < -0.4 is 11.1 Å². The van der Waals surface area contributed by atoms with E-state index in [2.05, 4.69) is 32.3 Å². The summed E-state index contributed by atoms with van der Waals surface area (Å²) in [6, 6.07) is 7.01. The molecule has 0 radical (unpaired) electrons. The van der Waals surface area contributed by atoms with Crippen LogP contribution in [-0.2, 0) is 6.54 Å². The summed E-state index contributed by atoms with van der Waals surface area (Å²) in [6.45, 7) is 3.28. The topological polar surface area (TPSA) is 132 Å². The number of hydrogen-bond donors (Lipinski definition) is 3. The number of anilines is 2. The van der Waals surface area contributed by atoms with Gasteiger partial charge in [0.1, 0.15) is 11.0 Å². The van der Waals surface area contributed by atoms with Crippen LogP contribution in [0.3, 0.4) is 0 Å². The summed E-state index contributed by atoms with van der Waals surface area (Å²) in [5.74, 6) is -0.155. The Kier molecular flexibility index (Phi) is 4.94. The van der Waals surface area contributed by atoms with Gasteiger partial charge in [-0.3, -0.25) is 9.67 Å². The van der Waals surface area contributed by atoms with Crippen LogP contribution >= 0.6 is 0 Å². The van der Waals surface area contributed by atoms with Crippen molar-refractivity contribution in [1.29, 1.82) is 0 Å². The first kappa shape index (κ1) is 18.6. The highest BCUT2D eigenvalue weighted by Crippen LogP contribution is 2.25. The van der Waals surface area contributed by atoms with Gasteiger partial charge in [0, 0.05) is 18.1 Å². The molecule has 0 atom stereocenters. The number of carboxylic acid groups (broad SMARTS) is 1. The molecule has 4 rings (SSSR count). The molecule has 0 saturated carbocycles.